The fourth-order valence-electron chi connectivity index (χ4n) is 1.54. The molecule has 1 aromatic rings. The van der Waals surface area contributed by atoms with Crippen molar-refractivity contribution in [1.82, 2.24) is 5.32 Å². The largest absolute Gasteiger partial charge is 0.310 e. The topological polar surface area (TPSA) is 12.0 Å². The monoisotopic (exact) mass is 241 g/mol. The van der Waals surface area contributed by atoms with Crippen LogP contribution in [0.5, 0.6) is 0 Å². The first-order chi connectivity index (χ1) is 7.31. The Kier molecular flexibility index (Phi) is 3.95. The average Bonchev–Trinajstić information content (AvgIpc) is 3.01. The number of hydrogen-bond donors (Lipinski definition) is 1. The van der Waals surface area contributed by atoms with Crippen LogP contribution in [-0.2, 0) is 6.54 Å². The van der Waals surface area contributed by atoms with Crippen LogP contribution in [0, 0.1) is 0 Å². The van der Waals surface area contributed by atoms with Gasteiger partial charge in [0, 0.05) is 22.5 Å². The summed E-state index contributed by atoms with van der Waals surface area (Å²) in [5, 5.41) is 4.41. The molecule has 1 saturated carbocycles. The van der Waals surface area contributed by atoms with Crippen molar-refractivity contribution in [1.29, 1.82) is 0 Å². The fraction of sp³-hybridized carbons (Fsp3) is 0.500. The Balaban J connectivity index is 2.09. The Labute approximate surface area is 101 Å². The van der Waals surface area contributed by atoms with Gasteiger partial charge in [0.05, 0.1) is 0 Å². The van der Waals surface area contributed by atoms with Gasteiger partial charge in [0.1, 0.15) is 0 Å². The van der Waals surface area contributed by atoms with Gasteiger partial charge in [-0.05, 0) is 36.3 Å². The highest BCUT2D eigenvalue weighted by atomic mass is 35.5. The zero-order valence-corrected chi connectivity index (χ0v) is 10.5. The van der Waals surface area contributed by atoms with Crippen LogP contribution in [0.15, 0.2) is 23.1 Å². The summed E-state index contributed by atoms with van der Waals surface area (Å²) in [5.74, 6) is 1.09. The molecule has 3 heteroatoms. The van der Waals surface area contributed by atoms with Gasteiger partial charge in [-0.2, -0.15) is 0 Å². The molecule has 0 heterocycles. The lowest BCUT2D eigenvalue weighted by atomic mass is 10.2. The second-order valence-electron chi connectivity index (χ2n) is 3.80. The van der Waals surface area contributed by atoms with E-state index in [1.807, 2.05) is 23.9 Å². The summed E-state index contributed by atoms with van der Waals surface area (Å²) in [4.78, 5) is 1.32. The first-order valence-corrected chi connectivity index (χ1v) is 6.81. The molecule has 1 aromatic carbocycles. The number of benzene rings is 1. The molecule has 0 radical (unpaired) electrons. The number of rotatable bonds is 5. The van der Waals surface area contributed by atoms with Crippen LogP contribution < -0.4 is 5.32 Å². The molecule has 82 valence electrons. The molecule has 15 heavy (non-hydrogen) atoms. The third-order valence-electron chi connectivity index (χ3n) is 2.52. The molecule has 1 aliphatic carbocycles. The lowest BCUT2D eigenvalue weighted by Gasteiger charge is -2.10. The maximum Gasteiger partial charge on any atom is 0.0462 e. The van der Waals surface area contributed by atoms with Crippen LogP contribution in [0.2, 0.25) is 5.02 Å². The van der Waals surface area contributed by atoms with Crippen LogP contribution in [0.4, 0.5) is 0 Å². The third-order valence-corrected chi connectivity index (χ3v) is 3.86. The minimum Gasteiger partial charge on any atom is -0.310 e. The smallest absolute Gasteiger partial charge is 0.0462 e. The van der Waals surface area contributed by atoms with Crippen LogP contribution in [-0.4, -0.2) is 11.8 Å². The van der Waals surface area contributed by atoms with Crippen LogP contribution >= 0.6 is 23.4 Å². The molecule has 1 fully saturated rings. The summed E-state index contributed by atoms with van der Waals surface area (Å²) in [5.41, 5.74) is 1.26. The van der Waals surface area contributed by atoms with Crippen molar-refractivity contribution in [3.05, 3.63) is 28.8 Å². The zero-order chi connectivity index (χ0) is 10.7. The number of thioether (sulfide) groups is 1. The number of hydrogen-bond acceptors (Lipinski definition) is 2. The van der Waals surface area contributed by atoms with Gasteiger partial charge in [0.15, 0.2) is 0 Å². The summed E-state index contributed by atoms with van der Waals surface area (Å²) >= 11 is 8.08. The molecule has 2 rings (SSSR count). The average molecular weight is 242 g/mol. The molecule has 0 atom stereocenters. The van der Waals surface area contributed by atoms with Gasteiger partial charge >= 0.3 is 0 Å². The van der Waals surface area contributed by atoms with E-state index >= 15 is 0 Å². The molecule has 1 nitrogen and oxygen atoms in total. The molecule has 0 aliphatic heterocycles. The van der Waals surface area contributed by atoms with E-state index < -0.39 is 0 Å². The van der Waals surface area contributed by atoms with Gasteiger partial charge < -0.3 is 5.32 Å². The van der Waals surface area contributed by atoms with E-state index in [0.717, 1.165) is 23.4 Å². The number of nitrogens with one attached hydrogen (secondary N) is 1. The van der Waals surface area contributed by atoms with Crippen molar-refractivity contribution in [3.8, 4) is 0 Å². The first kappa shape index (κ1) is 11.3. The molecule has 0 aromatic heterocycles. The fourth-order valence-corrected chi connectivity index (χ4v) is 2.67. The molecular weight excluding hydrogens is 226 g/mol. The van der Waals surface area contributed by atoms with Crippen molar-refractivity contribution < 1.29 is 0 Å². The minimum atomic E-state index is 0.737. The second kappa shape index (κ2) is 5.24. The number of halogens is 1. The second-order valence-corrected chi connectivity index (χ2v) is 5.52. The van der Waals surface area contributed by atoms with E-state index in [2.05, 4.69) is 18.3 Å². The highest BCUT2D eigenvalue weighted by Crippen LogP contribution is 2.29. The Morgan fingerprint density at radius 1 is 1.47 bits per heavy atom. The van der Waals surface area contributed by atoms with Crippen LogP contribution in [0.1, 0.15) is 25.3 Å². The van der Waals surface area contributed by atoms with Gasteiger partial charge in [-0.1, -0.05) is 24.6 Å². The summed E-state index contributed by atoms with van der Waals surface area (Å²) in [7, 11) is 0. The molecule has 0 spiro atoms. The van der Waals surface area contributed by atoms with Crippen molar-refractivity contribution in [2.45, 2.75) is 37.2 Å². The summed E-state index contributed by atoms with van der Waals surface area (Å²) in [6.45, 7) is 3.08. The van der Waals surface area contributed by atoms with E-state index in [-0.39, 0.29) is 0 Å². The van der Waals surface area contributed by atoms with Crippen molar-refractivity contribution >= 4 is 23.4 Å². The molecule has 1 aliphatic rings. The third kappa shape index (κ3) is 3.13. The quantitative estimate of drug-likeness (QED) is 0.789. The summed E-state index contributed by atoms with van der Waals surface area (Å²) in [6, 6.07) is 6.90. The lowest BCUT2D eigenvalue weighted by Crippen LogP contribution is -2.16. The lowest BCUT2D eigenvalue weighted by molar-refractivity contribution is 0.680. The molecule has 0 amide bonds. The zero-order valence-electron chi connectivity index (χ0n) is 8.92. The first-order valence-electron chi connectivity index (χ1n) is 5.45. The van der Waals surface area contributed by atoms with Crippen molar-refractivity contribution in [2.75, 3.05) is 5.75 Å². The minimum absolute atomic E-state index is 0.737. The highest BCUT2D eigenvalue weighted by Gasteiger charge is 2.21. The molecule has 0 bridgehead atoms. The summed E-state index contributed by atoms with van der Waals surface area (Å²) in [6.07, 6.45) is 2.64. The molecule has 0 unspecified atom stereocenters. The predicted molar refractivity (Wildman–Crippen MR) is 67.7 cm³/mol. The Bertz CT molecular complexity index is 336. The Morgan fingerprint density at radius 2 is 2.27 bits per heavy atom. The van der Waals surface area contributed by atoms with Crippen molar-refractivity contribution in [3.63, 3.8) is 0 Å². The van der Waals surface area contributed by atoms with Gasteiger partial charge in [0.2, 0.25) is 0 Å². The van der Waals surface area contributed by atoms with Gasteiger partial charge in [-0.3, -0.25) is 0 Å². The summed E-state index contributed by atoms with van der Waals surface area (Å²) < 4.78 is 0. The van der Waals surface area contributed by atoms with Crippen LogP contribution in [0.3, 0.4) is 0 Å². The maximum atomic E-state index is 6.22. The Morgan fingerprint density at radius 3 is 2.93 bits per heavy atom. The van der Waals surface area contributed by atoms with E-state index in [4.69, 9.17) is 11.6 Å². The molecular formula is C12H16ClNS. The highest BCUT2D eigenvalue weighted by molar-refractivity contribution is 7.99. The molecule has 0 saturated heterocycles. The van der Waals surface area contributed by atoms with E-state index in [1.54, 1.807) is 0 Å². The normalized spacial score (nSPS) is 15.6. The van der Waals surface area contributed by atoms with Crippen LogP contribution in [0.25, 0.3) is 0 Å². The van der Waals surface area contributed by atoms with Gasteiger partial charge in [-0.25, -0.2) is 0 Å². The van der Waals surface area contributed by atoms with Crippen molar-refractivity contribution in [2.24, 2.45) is 0 Å². The van der Waals surface area contributed by atoms with E-state index in [9.17, 15) is 0 Å². The molecule has 1 N–H and O–H groups in total. The maximum absolute atomic E-state index is 6.22. The van der Waals surface area contributed by atoms with E-state index in [1.165, 1.54) is 23.3 Å². The van der Waals surface area contributed by atoms with Gasteiger partial charge in [-0.15, -0.1) is 11.8 Å². The Hall–Kier alpha value is -0.180. The predicted octanol–water partition coefficient (Wildman–Crippen LogP) is 3.70. The standard InChI is InChI=1S/C12H16ClNS/c1-2-15-12-5-3-4-11(13)10(12)8-14-9-6-7-9/h3-5,9,14H,2,6-8H2,1H3. The van der Waals surface area contributed by atoms with E-state index in [0.29, 0.717) is 0 Å². The SMILES string of the molecule is CCSc1cccc(Cl)c1CNC1CC1. The van der Waals surface area contributed by atoms with Gasteiger partial charge in [0.25, 0.3) is 0 Å².